The summed E-state index contributed by atoms with van der Waals surface area (Å²) in [7, 11) is 0. The molecule has 2 aromatic heterocycles. The van der Waals surface area contributed by atoms with Gasteiger partial charge in [0, 0.05) is 23.6 Å². The highest BCUT2D eigenvalue weighted by atomic mass is 16.6. The minimum absolute atomic E-state index is 0.0853. The third kappa shape index (κ3) is 2.77. The van der Waals surface area contributed by atoms with E-state index >= 15 is 0 Å². The second-order valence-electron chi connectivity index (χ2n) is 8.06. The highest BCUT2D eigenvalue weighted by Gasteiger charge is 2.45. The number of aromatic nitrogens is 1. The van der Waals surface area contributed by atoms with E-state index in [0.717, 1.165) is 10.8 Å². The van der Waals surface area contributed by atoms with E-state index in [-0.39, 0.29) is 28.3 Å². The molecule has 0 bridgehead atoms. The molecule has 3 heterocycles. The number of hydrogen-bond acceptors (Lipinski definition) is 7. The minimum atomic E-state index is -0.889. The number of anilines is 1. The van der Waals surface area contributed by atoms with E-state index in [1.165, 1.54) is 29.2 Å². The first kappa shape index (κ1) is 19.9. The molecule has 9 nitrogen and oxygen atoms in total. The maximum Gasteiger partial charge on any atom is 0.296 e. The molecule has 1 aliphatic rings. The summed E-state index contributed by atoms with van der Waals surface area (Å²) in [6.07, 6.45) is 0. The maximum absolute atomic E-state index is 13.8. The summed E-state index contributed by atoms with van der Waals surface area (Å²) in [4.78, 5) is 39.3. The Morgan fingerprint density at radius 1 is 1.00 bits per heavy atom. The van der Waals surface area contributed by atoms with Crippen molar-refractivity contribution in [3.8, 4) is 0 Å². The normalized spacial score (nSPS) is 15.3. The summed E-state index contributed by atoms with van der Waals surface area (Å²) in [5, 5.41) is 17.0. The third-order valence-electron chi connectivity index (χ3n) is 6.04. The SMILES string of the molecule is Cc1cc(N2C(=O)c3oc4c(ccc5ccccc54)c(=O)c3[C@H]2c2ccc([N+](=O)[O-])cc2)no1. The number of hydrogen-bond donors (Lipinski definition) is 0. The smallest absolute Gasteiger partial charge is 0.296 e. The zero-order valence-corrected chi connectivity index (χ0v) is 17.7. The number of non-ortho nitro benzene ring substituents is 1. The number of nitro groups is 1. The molecule has 0 aliphatic carbocycles. The fourth-order valence-electron chi connectivity index (χ4n) is 4.50. The van der Waals surface area contributed by atoms with Crippen LogP contribution in [0.2, 0.25) is 0 Å². The molecule has 0 fully saturated rings. The number of nitro benzene ring substituents is 1. The lowest BCUT2D eigenvalue weighted by Crippen LogP contribution is -2.29. The lowest BCUT2D eigenvalue weighted by Gasteiger charge is -2.22. The molecule has 1 atom stereocenters. The number of aryl methyl sites for hydroxylation is 1. The van der Waals surface area contributed by atoms with Gasteiger partial charge < -0.3 is 8.94 Å². The van der Waals surface area contributed by atoms with Gasteiger partial charge in [-0.2, -0.15) is 0 Å². The summed E-state index contributed by atoms with van der Waals surface area (Å²) in [6.45, 7) is 1.69. The van der Waals surface area contributed by atoms with Gasteiger partial charge in [-0.25, -0.2) is 0 Å². The Balaban J connectivity index is 1.65. The van der Waals surface area contributed by atoms with Crippen molar-refractivity contribution in [2.75, 3.05) is 4.90 Å². The topological polar surface area (TPSA) is 120 Å². The van der Waals surface area contributed by atoms with Gasteiger partial charge in [0.05, 0.1) is 21.9 Å². The van der Waals surface area contributed by atoms with E-state index in [1.54, 1.807) is 19.1 Å². The first-order valence-corrected chi connectivity index (χ1v) is 10.4. The van der Waals surface area contributed by atoms with Crippen molar-refractivity contribution in [2.45, 2.75) is 13.0 Å². The molecule has 0 unspecified atom stereocenters. The lowest BCUT2D eigenvalue weighted by molar-refractivity contribution is -0.384. The van der Waals surface area contributed by atoms with Crippen LogP contribution in [-0.2, 0) is 0 Å². The first-order chi connectivity index (χ1) is 16.4. The van der Waals surface area contributed by atoms with E-state index in [0.29, 0.717) is 22.3 Å². The molecule has 34 heavy (non-hydrogen) atoms. The Hall–Kier alpha value is -4.79. The van der Waals surface area contributed by atoms with Gasteiger partial charge in [-0.15, -0.1) is 0 Å². The fraction of sp³-hybridized carbons (Fsp3) is 0.0800. The summed E-state index contributed by atoms with van der Waals surface area (Å²) < 4.78 is 11.3. The molecular formula is C25H15N3O6. The molecule has 1 aliphatic heterocycles. The van der Waals surface area contributed by atoms with Crippen LogP contribution in [0.15, 0.2) is 80.5 Å². The molecule has 3 aromatic carbocycles. The summed E-state index contributed by atoms with van der Waals surface area (Å²) in [5.41, 5.74) is 0.541. The third-order valence-corrected chi connectivity index (χ3v) is 6.04. The molecule has 0 N–H and O–H groups in total. The van der Waals surface area contributed by atoms with E-state index in [4.69, 9.17) is 8.94 Å². The van der Waals surface area contributed by atoms with Crippen molar-refractivity contribution in [1.29, 1.82) is 0 Å². The molecule has 5 aromatic rings. The van der Waals surface area contributed by atoms with Crippen LogP contribution in [0.1, 0.15) is 33.5 Å². The van der Waals surface area contributed by atoms with Crippen LogP contribution in [-0.4, -0.2) is 16.0 Å². The highest BCUT2D eigenvalue weighted by molar-refractivity contribution is 6.12. The summed E-state index contributed by atoms with van der Waals surface area (Å²) >= 11 is 0. The highest BCUT2D eigenvalue weighted by Crippen LogP contribution is 2.42. The van der Waals surface area contributed by atoms with Crippen molar-refractivity contribution in [1.82, 2.24) is 5.16 Å². The van der Waals surface area contributed by atoms with Crippen LogP contribution in [0.3, 0.4) is 0 Å². The Bertz CT molecular complexity index is 1700. The molecular weight excluding hydrogens is 438 g/mol. The quantitative estimate of drug-likeness (QED) is 0.216. The molecule has 0 saturated heterocycles. The van der Waals surface area contributed by atoms with E-state index < -0.39 is 16.9 Å². The second-order valence-corrected chi connectivity index (χ2v) is 8.06. The van der Waals surface area contributed by atoms with Gasteiger partial charge in [-0.1, -0.05) is 35.5 Å². The van der Waals surface area contributed by atoms with E-state index in [1.807, 2.05) is 30.3 Å². The lowest BCUT2D eigenvalue weighted by atomic mass is 9.97. The van der Waals surface area contributed by atoms with Crippen molar-refractivity contribution in [3.63, 3.8) is 0 Å². The van der Waals surface area contributed by atoms with Gasteiger partial charge in [0.25, 0.3) is 11.6 Å². The largest absolute Gasteiger partial charge is 0.450 e. The molecule has 9 heteroatoms. The predicted octanol–water partition coefficient (Wildman–Crippen LogP) is 4.90. The number of carbonyl (C=O) groups is 1. The average Bonchev–Trinajstić information content (AvgIpc) is 3.40. The van der Waals surface area contributed by atoms with Gasteiger partial charge >= 0.3 is 0 Å². The number of amides is 1. The van der Waals surface area contributed by atoms with Crippen LogP contribution < -0.4 is 10.3 Å². The van der Waals surface area contributed by atoms with Gasteiger partial charge in [0.15, 0.2) is 11.2 Å². The Morgan fingerprint density at radius 3 is 2.47 bits per heavy atom. The molecule has 166 valence electrons. The number of fused-ring (bicyclic) bond motifs is 4. The zero-order chi connectivity index (χ0) is 23.6. The Labute approximate surface area is 191 Å². The molecule has 1 amide bonds. The maximum atomic E-state index is 13.8. The van der Waals surface area contributed by atoms with Crippen molar-refractivity contribution < 1.29 is 18.7 Å². The predicted molar refractivity (Wildman–Crippen MR) is 123 cm³/mol. The van der Waals surface area contributed by atoms with Crippen molar-refractivity contribution in [3.05, 3.63) is 110 Å². The van der Waals surface area contributed by atoms with E-state index in [9.17, 15) is 19.7 Å². The van der Waals surface area contributed by atoms with Gasteiger partial charge in [0.1, 0.15) is 11.3 Å². The Kier molecular flexibility index (Phi) is 4.15. The van der Waals surface area contributed by atoms with Crippen LogP contribution in [0, 0.1) is 17.0 Å². The number of rotatable bonds is 3. The summed E-state index contributed by atoms with van der Waals surface area (Å²) in [5.74, 6) is 0.0682. The monoisotopic (exact) mass is 453 g/mol. The Morgan fingerprint density at radius 2 is 1.76 bits per heavy atom. The van der Waals surface area contributed by atoms with Gasteiger partial charge in [-0.3, -0.25) is 24.6 Å². The van der Waals surface area contributed by atoms with Gasteiger partial charge in [-0.05, 0) is 36.1 Å². The fourth-order valence-corrected chi connectivity index (χ4v) is 4.50. The van der Waals surface area contributed by atoms with Gasteiger partial charge in [0.2, 0.25) is 5.76 Å². The number of nitrogens with zero attached hydrogens (tertiary/aromatic N) is 3. The van der Waals surface area contributed by atoms with Crippen LogP contribution in [0.4, 0.5) is 11.5 Å². The first-order valence-electron chi connectivity index (χ1n) is 10.4. The molecule has 6 rings (SSSR count). The van der Waals surface area contributed by atoms with E-state index in [2.05, 4.69) is 5.16 Å². The zero-order valence-electron chi connectivity index (χ0n) is 17.7. The molecule has 0 radical (unpaired) electrons. The molecule has 0 saturated carbocycles. The minimum Gasteiger partial charge on any atom is -0.450 e. The summed E-state index contributed by atoms with van der Waals surface area (Å²) in [6, 6.07) is 17.4. The second kappa shape index (κ2) is 7.11. The number of carbonyl (C=O) groups excluding carboxylic acids is 1. The van der Waals surface area contributed by atoms with Crippen molar-refractivity contribution in [2.24, 2.45) is 0 Å². The van der Waals surface area contributed by atoms with Crippen LogP contribution >= 0.6 is 0 Å². The van der Waals surface area contributed by atoms with Crippen molar-refractivity contribution >= 4 is 39.2 Å². The van der Waals surface area contributed by atoms with Crippen LogP contribution in [0.25, 0.3) is 21.7 Å². The number of benzene rings is 3. The van der Waals surface area contributed by atoms with Crippen LogP contribution in [0.5, 0.6) is 0 Å². The standard InChI is InChI=1S/C25H15N3O6/c1-13-12-19(26-34-13)27-21(15-6-9-16(10-7-15)28(31)32)20-22(29)18-11-8-14-4-2-3-5-17(14)23(18)33-24(20)25(27)30/h2-12,21H,1H3/t21-/m1/s1. The average molecular weight is 453 g/mol. The molecule has 0 spiro atoms.